The van der Waals surface area contributed by atoms with Crippen LogP contribution in [0.25, 0.3) is 0 Å². The first-order valence-corrected chi connectivity index (χ1v) is 10.1. The second-order valence-corrected chi connectivity index (χ2v) is 7.53. The van der Waals surface area contributed by atoms with Crippen LogP contribution in [0.2, 0.25) is 0 Å². The van der Waals surface area contributed by atoms with E-state index in [1.807, 2.05) is 0 Å². The summed E-state index contributed by atoms with van der Waals surface area (Å²) in [6.45, 7) is 2.45. The van der Waals surface area contributed by atoms with Crippen molar-refractivity contribution in [2.45, 2.75) is 57.3 Å². The maximum Gasteiger partial charge on any atom is 0.328 e. The first-order valence-electron chi connectivity index (χ1n) is 10.1. The maximum absolute atomic E-state index is 12.7. The summed E-state index contributed by atoms with van der Waals surface area (Å²) in [5.74, 6) is -6.22. The summed E-state index contributed by atoms with van der Waals surface area (Å²) in [6, 6.07) is -5.50. The summed E-state index contributed by atoms with van der Waals surface area (Å²) < 4.78 is 0. The number of hydrogen-bond donors (Lipinski definition) is 9. The molecular formula is C18H33N7O8. The van der Waals surface area contributed by atoms with Crippen LogP contribution < -0.4 is 33.2 Å². The van der Waals surface area contributed by atoms with E-state index >= 15 is 0 Å². The Labute approximate surface area is 190 Å². The third-order valence-corrected chi connectivity index (χ3v) is 4.36. The van der Waals surface area contributed by atoms with Gasteiger partial charge in [-0.3, -0.25) is 24.2 Å². The molecule has 0 radical (unpaired) electrons. The van der Waals surface area contributed by atoms with E-state index < -0.39 is 72.8 Å². The van der Waals surface area contributed by atoms with E-state index in [1.165, 1.54) is 0 Å². The van der Waals surface area contributed by atoms with Crippen molar-refractivity contribution in [1.82, 2.24) is 16.0 Å². The molecule has 15 heteroatoms. The molecule has 0 heterocycles. The molecular weight excluding hydrogens is 442 g/mol. The number of amides is 3. The van der Waals surface area contributed by atoms with Gasteiger partial charge in [-0.2, -0.15) is 0 Å². The lowest BCUT2D eigenvalue weighted by atomic mass is 10.0. The summed E-state index contributed by atoms with van der Waals surface area (Å²) in [4.78, 5) is 63.3. The number of nitrogens with zero attached hydrogens (tertiary/aromatic N) is 1. The Balaban J connectivity index is 5.25. The van der Waals surface area contributed by atoms with Crippen LogP contribution in [0.5, 0.6) is 0 Å². The molecule has 33 heavy (non-hydrogen) atoms. The van der Waals surface area contributed by atoms with Gasteiger partial charge in [0.05, 0.1) is 19.1 Å². The number of aliphatic imine (C=N–C) groups is 1. The van der Waals surface area contributed by atoms with Crippen LogP contribution in [-0.4, -0.2) is 88.3 Å². The number of carbonyl (C=O) groups excluding carboxylic acids is 3. The zero-order chi connectivity index (χ0) is 25.7. The highest BCUT2D eigenvalue weighted by Gasteiger charge is 2.32. The summed E-state index contributed by atoms with van der Waals surface area (Å²) in [6.07, 6.45) is -0.286. The number of carboxylic acids is 2. The fourth-order valence-corrected chi connectivity index (χ4v) is 2.55. The SMILES string of the molecule is CC(C)C(NC(=O)C(CC(=O)O)NC(=O)C(N)CCCN=C(N)N)C(=O)NC(CO)C(=O)O. The second kappa shape index (κ2) is 14.6. The minimum Gasteiger partial charge on any atom is -0.481 e. The van der Waals surface area contributed by atoms with Crippen LogP contribution in [-0.2, 0) is 24.0 Å². The number of aliphatic hydroxyl groups excluding tert-OH is 1. The van der Waals surface area contributed by atoms with Crippen molar-refractivity contribution in [2.24, 2.45) is 28.1 Å². The lowest BCUT2D eigenvalue weighted by Crippen LogP contribution is -2.59. The van der Waals surface area contributed by atoms with Crippen molar-refractivity contribution >= 4 is 35.6 Å². The van der Waals surface area contributed by atoms with Gasteiger partial charge in [-0.1, -0.05) is 13.8 Å². The van der Waals surface area contributed by atoms with Gasteiger partial charge in [-0.15, -0.1) is 0 Å². The van der Waals surface area contributed by atoms with Crippen LogP contribution in [0.1, 0.15) is 33.1 Å². The zero-order valence-electron chi connectivity index (χ0n) is 18.5. The molecule has 0 spiro atoms. The molecule has 0 aromatic heterocycles. The van der Waals surface area contributed by atoms with Crippen molar-refractivity contribution in [3.63, 3.8) is 0 Å². The van der Waals surface area contributed by atoms with Crippen molar-refractivity contribution < 1.29 is 39.3 Å². The fraction of sp³-hybridized carbons (Fsp3) is 0.667. The lowest BCUT2D eigenvalue weighted by Gasteiger charge is -2.26. The molecule has 0 fully saturated rings. The van der Waals surface area contributed by atoms with Gasteiger partial charge in [-0.25, -0.2) is 4.79 Å². The molecule has 0 bridgehead atoms. The molecule has 0 aromatic carbocycles. The van der Waals surface area contributed by atoms with Crippen LogP contribution in [0.3, 0.4) is 0 Å². The highest BCUT2D eigenvalue weighted by molar-refractivity contribution is 5.95. The van der Waals surface area contributed by atoms with Crippen molar-refractivity contribution in [3.8, 4) is 0 Å². The summed E-state index contributed by atoms with van der Waals surface area (Å²) >= 11 is 0. The van der Waals surface area contributed by atoms with Gasteiger partial charge in [-0.05, 0) is 18.8 Å². The monoisotopic (exact) mass is 475 g/mol. The van der Waals surface area contributed by atoms with E-state index in [0.29, 0.717) is 6.42 Å². The predicted octanol–water partition coefficient (Wildman–Crippen LogP) is -3.97. The van der Waals surface area contributed by atoms with Crippen LogP contribution in [0.15, 0.2) is 4.99 Å². The molecule has 0 rings (SSSR count). The average Bonchev–Trinajstić information content (AvgIpc) is 2.71. The van der Waals surface area contributed by atoms with Crippen molar-refractivity contribution in [1.29, 1.82) is 0 Å². The lowest BCUT2D eigenvalue weighted by molar-refractivity contribution is -0.144. The van der Waals surface area contributed by atoms with Gasteiger partial charge in [0.15, 0.2) is 5.96 Å². The smallest absolute Gasteiger partial charge is 0.328 e. The number of nitrogens with two attached hydrogens (primary N) is 3. The Kier molecular flexibility index (Phi) is 13.0. The Hall–Kier alpha value is -3.46. The van der Waals surface area contributed by atoms with E-state index in [0.717, 1.165) is 0 Å². The number of carboxylic acid groups (broad SMARTS) is 2. The highest BCUT2D eigenvalue weighted by Crippen LogP contribution is 2.05. The Morgan fingerprint density at radius 1 is 0.909 bits per heavy atom. The number of nitrogens with one attached hydrogen (secondary N) is 3. The molecule has 0 aliphatic carbocycles. The summed E-state index contributed by atoms with van der Waals surface area (Å²) in [5, 5.41) is 33.8. The molecule has 0 aromatic rings. The molecule has 12 N–H and O–H groups in total. The topological polar surface area (TPSA) is 273 Å². The quantitative estimate of drug-likeness (QED) is 0.0625. The van der Waals surface area contributed by atoms with Crippen molar-refractivity contribution in [2.75, 3.05) is 13.2 Å². The molecule has 0 saturated heterocycles. The van der Waals surface area contributed by atoms with E-state index in [9.17, 15) is 24.0 Å². The first kappa shape index (κ1) is 29.5. The summed E-state index contributed by atoms with van der Waals surface area (Å²) in [7, 11) is 0. The van der Waals surface area contributed by atoms with Gasteiger partial charge in [0.2, 0.25) is 17.7 Å². The molecule has 15 nitrogen and oxygen atoms in total. The van der Waals surface area contributed by atoms with Crippen LogP contribution >= 0.6 is 0 Å². The molecule has 4 atom stereocenters. The molecule has 0 saturated carbocycles. The summed E-state index contributed by atoms with van der Waals surface area (Å²) in [5.41, 5.74) is 16.2. The normalized spacial score (nSPS) is 14.3. The number of guanidine groups is 1. The van der Waals surface area contributed by atoms with Gasteiger partial charge in [0.25, 0.3) is 0 Å². The third kappa shape index (κ3) is 11.6. The Morgan fingerprint density at radius 2 is 1.48 bits per heavy atom. The second-order valence-electron chi connectivity index (χ2n) is 7.53. The van der Waals surface area contributed by atoms with E-state index in [2.05, 4.69) is 20.9 Å². The maximum atomic E-state index is 12.7. The Morgan fingerprint density at radius 3 is 1.94 bits per heavy atom. The van der Waals surface area contributed by atoms with Gasteiger partial charge in [0.1, 0.15) is 18.1 Å². The van der Waals surface area contributed by atoms with Crippen LogP contribution in [0, 0.1) is 5.92 Å². The number of rotatable bonds is 15. The minimum absolute atomic E-state index is 0.122. The van der Waals surface area contributed by atoms with Crippen molar-refractivity contribution in [3.05, 3.63) is 0 Å². The largest absolute Gasteiger partial charge is 0.481 e. The fourth-order valence-electron chi connectivity index (χ4n) is 2.55. The standard InChI is InChI=1S/C18H33N7O8/c1-8(2)13(16(31)24-11(7-26)17(32)33)25-15(30)10(6-12(27)28)23-14(29)9(19)4-3-5-22-18(20)21/h8-11,13,26H,3-7,19H2,1-2H3,(H,23,29)(H,24,31)(H,25,30)(H,27,28)(H,32,33)(H4,20,21,22). The van der Waals surface area contributed by atoms with E-state index in [-0.39, 0.29) is 18.9 Å². The van der Waals surface area contributed by atoms with Gasteiger partial charge >= 0.3 is 11.9 Å². The van der Waals surface area contributed by atoms with E-state index in [4.69, 9.17) is 32.5 Å². The predicted molar refractivity (Wildman–Crippen MR) is 115 cm³/mol. The first-order chi connectivity index (χ1) is 15.3. The van der Waals surface area contributed by atoms with Gasteiger partial charge in [0, 0.05) is 6.54 Å². The highest BCUT2D eigenvalue weighted by atomic mass is 16.4. The molecule has 188 valence electrons. The molecule has 4 unspecified atom stereocenters. The number of hydrogen-bond acceptors (Lipinski definition) is 8. The molecule has 0 aliphatic heterocycles. The minimum atomic E-state index is -1.60. The third-order valence-electron chi connectivity index (χ3n) is 4.36. The van der Waals surface area contributed by atoms with E-state index in [1.54, 1.807) is 13.8 Å². The molecule has 0 aliphatic rings. The average molecular weight is 476 g/mol. The molecule has 3 amide bonds. The van der Waals surface area contributed by atoms with Gasteiger partial charge < -0.3 is 48.5 Å². The Bertz CT molecular complexity index is 739. The van der Waals surface area contributed by atoms with Crippen LogP contribution in [0.4, 0.5) is 0 Å². The number of aliphatic carboxylic acids is 2. The zero-order valence-corrected chi connectivity index (χ0v) is 18.5. The number of carbonyl (C=O) groups is 5. The number of aliphatic hydroxyl groups is 1.